The summed E-state index contributed by atoms with van der Waals surface area (Å²) in [7, 11) is 4.42. The summed E-state index contributed by atoms with van der Waals surface area (Å²) in [5.41, 5.74) is 0.474. The molecule has 0 fully saturated rings. The molecule has 0 saturated heterocycles. The first kappa shape index (κ1) is 18.8. The van der Waals surface area contributed by atoms with E-state index in [-0.39, 0.29) is 17.2 Å². The molecule has 1 aromatic heterocycles. The van der Waals surface area contributed by atoms with E-state index in [1.807, 2.05) is 6.92 Å². The molecule has 1 aliphatic heterocycles. The van der Waals surface area contributed by atoms with Gasteiger partial charge in [0.25, 0.3) is 0 Å². The van der Waals surface area contributed by atoms with Crippen LogP contribution in [0.4, 0.5) is 0 Å². The third-order valence-corrected chi connectivity index (χ3v) is 4.81. The van der Waals surface area contributed by atoms with Gasteiger partial charge in [-0.25, -0.2) is 4.79 Å². The molecule has 29 heavy (non-hydrogen) atoms. The normalized spacial score (nSPS) is 17.8. The van der Waals surface area contributed by atoms with Crippen LogP contribution < -0.4 is 29.3 Å². The van der Waals surface area contributed by atoms with Gasteiger partial charge in [-0.05, 0) is 31.2 Å². The van der Waals surface area contributed by atoms with Crippen molar-refractivity contribution in [1.82, 2.24) is 0 Å². The van der Waals surface area contributed by atoms with Gasteiger partial charge in [-0.3, -0.25) is 0 Å². The van der Waals surface area contributed by atoms with E-state index in [2.05, 4.69) is 0 Å². The number of phenols is 1. The van der Waals surface area contributed by atoms with Gasteiger partial charge in [0.15, 0.2) is 28.9 Å². The van der Waals surface area contributed by atoms with Crippen LogP contribution in [0.2, 0.25) is 0 Å². The number of aromatic hydroxyl groups is 1. The Labute approximate surface area is 166 Å². The molecule has 4 rings (SSSR count). The minimum atomic E-state index is -0.562. The molecule has 2 atom stereocenters. The van der Waals surface area contributed by atoms with E-state index in [0.717, 1.165) is 0 Å². The second-order valence-corrected chi connectivity index (χ2v) is 6.55. The third-order valence-electron chi connectivity index (χ3n) is 4.81. The maximum absolute atomic E-state index is 11.7. The van der Waals surface area contributed by atoms with Crippen LogP contribution in [0.3, 0.4) is 0 Å². The number of methoxy groups -OCH3 is 3. The van der Waals surface area contributed by atoms with Crippen molar-refractivity contribution in [1.29, 1.82) is 0 Å². The van der Waals surface area contributed by atoms with Crippen LogP contribution in [0, 0.1) is 0 Å². The zero-order valence-electron chi connectivity index (χ0n) is 16.3. The van der Waals surface area contributed by atoms with E-state index in [1.165, 1.54) is 27.4 Å². The van der Waals surface area contributed by atoms with Crippen molar-refractivity contribution in [3.63, 3.8) is 0 Å². The van der Waals surface area contributed by atoms with Crippen LogP contribution in [0.5, 0.6) is 34.5 Å². The molecule has 2 heterocycles. The van der Waals surface area contributed by atoms with Crippen molar-refractivity contribution in [2.45, 2.75) is 19.1 Å². The van der Waals surface area contributed by atoms with Crippen LogP contribution in [-0.4, -0.2) is 32.5 Å². The molecule has 8 nitrogen and oxygen atoms in total. The summed E-state index contributed by atoms with van der Waals surface area (Å²) in [6, 6.07) is 7.99. The van der Waals surface area contributed by atoms with E-state index in [4.69, 9.17) is 28.1 Å². The molecule has 1 N–H and O–H groups in total. The largest absolute Gasteiger partial charge is 0.502 e. The average Bonchev–Trinajstić information content (AvgIpc) is 2.73. The maximum Gasteiger partial charge on any atom is 0.336 e. The SMILES string of the molecule is COc1cc([C@@H]2Oc3c(OC)cc4ccc(=O)oc4c3O[C@@H]2C)cc(OC)c1O. The highest BCUT2D eigenvalue weighted by Crippen LogP contribution is 2.50. The first-order valence-corrected chi connectivity index (χ1v) is 8.89. The molecule has 8 heteroatoms. The molecule has 0 unspecified atom stereocenters. The number of hydrogen-bond acceptors (Lipinski definition) is 8. The van der Waals surface area contributed by atoms with Crippen molar-refractivity contribution in [3.8, 4) is 34.5 Å². The number of fused-ring (bicyclic) bond motifs is 3. The van der Waals surface area contributed by atoms with Gasteiger partial charge in [0.05, 0.1) is 21.3 Å². The van der Waals surface area contributed by atoms with Gasteiger partial charge in [-0.1, -0.05) is 0 Å². The number of ether oxygens (including phenoxy) is 5. The zero-order chi connectivity index (χ0) is 20.7. The molecule has 2 aromatic carbocycles. The Morgan fingerprint density at radius 1 is 0.897 bits per heavy atom. The number of phenolic OH excluding ortho intramolecular Hbond substituents is 1. The van der Waals surface area contributed by atoms with Crippen LogP contribution in [0.25, 0.3) is 11.0 Å². The standard InChI is InChI=1S/C21H20O8/c1-10-18(12-8-13(24-2)17(23)14(9-12)25-3)29-20-15(26-4)7-11-5-6-16(22)28-19(11)21(20)27-10/h5-10,18,23H,1-4H3/t10-,18-/m1/s1. The zero-order valence-corrected chi connectivity index (χ0v) is 16.3. The lowest BCUT2D eigenvalue weighted by molar-refractivity contribution is 0.0284. The van der Waals surface area contributed by atoms with Gasteiger partial charge in [-0.15, -0.1) is 0 Å². The lowest BCUT2D eigenvalue weighted by atomic mass is 10.0. The van der Waals surface area contributed by atoms with Gasteiger partial charge in [0, 0.05) is 17.0 Å². The summed E-state index contributed by atoms with van der Waals surface area (Å²) in [5.74, 6) is 1.46. The second-order valence-electron chi connectivity index (χ2n) is 6.55. The quantitative estimate of drug-likeness (QED) is 0.666. The topological polar surface area (TPSA) is 96.6 Å². The summed E-state index contributed by atoms with van der Waals surface area (Å²) >= 11 is 0. The molecule has 0 saturated carbocycles. The fraction of sp³-hybridized carbons (Fsp3) is 0.286. The number of rotatable bonds is 4. The van der Waals surface area contributed by atoms with Gasteiger partial charge < -0.3 is 33.2 Å². The number of benzene rings is 2. The Morgan fingerprint density at radius 3 is 2.17 bits per heavy atom. The lowest BCUT2D eigenvalue weighted by Gasteiger charge is -2.33. The smallest absolute Gasteiger partial charge is 0.336 e. The average molecular weight is 400 g/mol. The monoisotopic (exact) mass is 400 g/mol. The summed E-state index contributed by atoms with van der Waals surface area (Å²) < 4.78 is 33.6. The highest BCUT2D eigenvalue weighted by Gasteiger charge is 2.35. The van der Waals surface area contributed by atoms with E-state index < -0.39 is 17.8 Å². The Kier molecular flexibility index (Phi) is 4.62. The molecule has 0 bridgehead atoms. The van der Waals surface area contributed by atoms with Gasteiger partial charge in [0.1, 0.15) is 6.10 Å². The highest BCUT2D eigenvalue weighted by molar-refractivity contribution is 5.88. The Hall–Kier alpha value is -3.55. The fourth-order valence-corrected chi connectivity index (χ4v) is 3.40. The van der Waals surface area contributed by atoms with Crippen molar-refractivity contribution >= 4 is 11.0 Å². The van der Waals surface area contributed by atoms with Crippen molar-refractivity contribution < 1.29 is 33.2 Å². The fourth-order valence-electron chi connectivity index (χ4n) is 3.40. The maximum atomic E-state index is 11.7. The van der Waals surface area contributed by atoms with Gasteiger partial charge in [-0.2, -0.15) is 0 Å². The second kappa shape index (κ2) is 7.12. The first-order chi connectivity index (χ1) is 14.0. The molecule has 0 radical (unpaired) electrons. The molecular weight excluding hydrogens is 380 g/mol. The van der Waals surface area contributed by atoms with Crippen LogP contribution in [-0.2, 0) is 0 Å². The van der Waals surface area contributed by atoms with E-state index in [9.17, 15) is 9.90 Å². The Morgan fingerprint density at radius 2 is 1.55 bits per heavy atom. The van der Waals surface area contributed by atoms with E-state index >= 15 is 0 Å². The summed E-state index contributed by atoms with van der Waals surface area (Å²) in [6.45, 7) is 1.83. The van der Waals surface area contributed by atoms with Gasteiger partial charge >= 0.3 is 5.63 Å². The molecule has 0 spiro atoms. The van der Waals surface area contributed by atoms with E-state index in [0.29, 0.717) is 33.8 Å². The summed E-state index contributed by atoms with van der Waals surface area (Å²) in [5, 5.41) is 10.8. The molecule has 0 amide bonds. The number of hydrogen-bond donors (Lipinski definition) is 1. The summed E-state index contributed by atoms with van der Waals surface area (Å²) in [4.78, 5) is 11.7. The van der Waals surface area contributed by atoms with Crippen LogP contribution >= 0.6 is 0 Å². The molecule has 152 valence electrons. The van der Waals surface area contributed by atoms with Gasteiger partial charge in [0.2, 0.25) is 17.2 Å². The predicted octanol–water partition coefficient (Wildman–Crippen LogP) is 3.43. The van der Waals surface area contributed by atoms with Crippen molar-refractivity contribution in [3.05, 3.63) is 46.3 Å². The lowest BCUT2D eigenvalue weighted by Crippen LogP contribution is -2.31. The van der Waals surface area contributed by atoms with Crippen molar-refractivity contribution in [2.24, 2.45) is 0 Å². The van der Waals surface area contributed by atoms with E-state index in [1.54, 1.807) is 24.3 Å². The molecule has 0 aliphatic carbocycles. The highest BCUT2D eigenvalue weighted by atomic mass is 16.6. The minimum absolute atomic E-state index is 0.103. The minimum Gasteiger partial charge on any atom is -0.502 e. The van der Waals surface area contributed by atoms with Crippen LogP contribution in [0.15, 0.2) is 39.5 Å². The first-order valence-electron chi connectivity index (χ1n) is 8.89. The molecular formula is C21H20O8. The Balaban J connectivity index is 1.86. The Bertz CT molecular complexity index is 1110. The third kappa shape index (κ3) is 3.06. The van der Waals surface area contributed by atoms with Crippen molar-refractivity contribution in [2.75, 3.05) is 21.3 Å². The predicted molar refractivity (Wildman–Crippen MR) is 104 cm³/mol. The summed E-state index contributed by atoms with van der Waals surface area (Å²) in [6.07, 6.45) is -1.02. The van der Waals surface area contributed by atoms with Crippen LogP contribution in [0.1, 0.15) is 18.6 Å². The molecule has 3 aromatic rings. The molecule has 1 aliphatic rings.